The van der Waals surface area contributed by atoms with E-state index in [1.54, 1.807) is 0 Å². The summed E-state index contributed by atoms with van der Waals surface area (Å²) >= 11 is 0. The van der Waals surface area contributed by atoms with Crippen LogP contribution < -0.4 is 0 Å². The standard InChI is InChI=1S/C16H25NO/c1-13(2)16(18,15-9-5-4-6-10-15)14(3)17-11-7-8-12-17/h4-6,9-10,13-14,18H,7-8,11-12H2,1-3H3/t14-,16-/m1/s1. The van der Waals surface area contributed by atoms with Gasteiger partial charge in [-0.05, 0) is 44.3 Å². The van der Waals surface area contributed by atoms with Gasteiger partial charge in [0, 0.05) is 6.04 Å². The third-order valence-electron chi connectivity index (χ3n) is 4.44. The van der Waals surface area contributed by atoms with Gasteiger partial charge in [0.05, 0.1) is 0 Å². The molecule has 18 heavy (non-hydrogen) atoms. The summed E-state index contributed by atoms with van der Waals surface area (Å²) in [6, 6.07) is 10.3. The second kappa shape index (κ2) is 5.41. The Morgan fingerprint density at radius 1 is 1.06 bits per heavy atom. The molecular weight excluding hydrogens is 222 g/mol. The molecule has 2 heteroatoms. The predicted octanol–water partition coefficient (Wildman–Crippen LogP) is 3.01. The Morgan fingerprint density at radius 3 is 2.11 bits per heavy atom. The largest absolute Gasteiger partial charge is 0.383 e. The highest BCUT2D eigenvalue weighted by Crippen LogP contribution is 2.36. The molecule has 0 unspecified atom stereocenters. The first-order valence-corrected chi connectivity index (χ1v) is 7.08. The second-order valence-corrected chi connectivity index (χ2v) is 5.77. The summed E-state index contributed by atoms with van der Waals surface area (Å²) in [5.41, 5.74) is 0.283. The fourth-order valence-electron chi connectivity index (χ4n) is 3.17. The molecular formula is C16H25NO. The number of benzene rings is 1. The van der Waals surface area contributed by atoms with E-state index < -0.39 is 5.60 Å². The van der Waals surface area contributed by atoms with E-state index in [-0.39, 0.29) is 12.0 Å². The highest BCUT2D eigenvalue weighted by Gasteiger charge is 2.42. The molecule has 1 aliphatic rings. The van der Waals surface area contributed by atoms with Gasteiger partial charge in [-0.3, -0.25) is 4.90 Å². The first-order valence-electron chi connectivity index (χ1n) is 7.08. The lowest BCUT2D eigenvalue weighted by molar-refractivity contribution is -0.0758. The van der Waals surface area contributed by atoms with Gasteiger partial charge in [-0.2, -0.15) is 0 Å². The minimum Gasteiger partial charge on any atom is -0.383 e. The lowest BCUT2D eigenvalue weighted by atomic mass is 9.77. The highest BCUT2D eigenvalue weighted by atomic mass is 16.3. The zero-order valence-corrected chi connectivity index (χ0v) is 11.8. The van der Waals surface area contributed by atoms with E-state index >= 15 is 0 Å². The molecule has 0 aromatic heterocycles. The first-order chi connectivity index (χ1) is 8.56. The number of hydrogen-bond donors (Lipinski definition) is 1. The Morgan fingerprint density at radius 2 is 1.61 bits per heavy atom. The molecule has 1 fully saturated rings. The van der Waals surface area contributed by atoms with Crippen LogP contribution in [0.4, 0.5) is 0 Å². The molecule has 0 aliphatic carbocycles. The minimum atomic E-state index is -0.758. The van der Waals surface area contributed by atoms with E-state index in [4.69, 9.17) is 0 Å². The summed E-state index contributed by atoms with van der Waals surface area (Å²) in [6.45, 7) is 8.61. The summed E-state index contributed by atoms with van der Waals surface area (Å²) in [5, 5.41) is 11.2. The monoisotopic (exact) mass is 247 g/mol. The van der Waals surface area contributed by atoms with Crippen molar-refractivity contribution in [1.29, 1.82) is 0 Å². The van der Waals surface area contributed by atoms with E-state index in [9.17, 15) is 5.11 Å². The van der Waals surface area contributed by atoms with Crippen molar-refractivity contribution < 1.29 is 5.11 Å². The van der Waals surface area contributed by atoms with Gasteiger partial charge in [0.1, 0.15) is 5.60 Å². The van der Waals surface area contributed by atoms with Crippen molar-refractivity contribution in [3.63, 3.8) is 0 Å². The molecule has 0 amide bonds. The highest BCUT2D eigenvalue weighted by molar-refractivity contribution is 5.25. The molecule has 2 atom stereocenters. The minimum absolute atomic E-state index is 0.169. The third-order valence-corrected chi connectivity index (χ3v) is 4.44. The van der Waals surface area contributed by atoms with Gasteiger partial charge < -0.3 is 5.11 Å². The molecule has 1 saturated heterocycles. The van der Waals surface area contributed by atoms with Crippen molar-refractivity contribution >= 4 is 0 Å². The van der Waals surface area contributed by atoms with E-state index in [0.29, 0.717) is 0 Å². The molecule has 0 radical (unpaired) electrons. The number of likely N-dealkylation sites (tertiary alicyclic amines) is 1. The summed E-state index contributed by atoms with van der Waals surface area (Å²) in [5.74, 6) is 0.204. The van der Waals surface area contributed by atoms with Crippen LogP contribution in [0.3, 0.4) is 0 Å². The molecule has 1 aliphatic heterocycles. The fraction of sp³-hybridized carbons (Fsp3) is 0.625. The molecule has 1 heterocycles. The van der Waals surface area contributed by atoms with Crippen molar-refractivity contribution in [1.82, 2.24) is 4.90 Å². The van der Waals surface area contributed by atoms with Crippen LogP contribution in [0.15, 0.2) is 30.3 Å². The quantitative estimate of drug-likeness (QED) is 0.884. The van der Waals surface area contributed by atoms with Crippen LogP contribution in [-0.2, 0) is 5.60 Å². The lowest BCUT2D eigenvalue weighted by Gasteiger charge is -2.42. The molecule has 1 N–H and O–H groups in total. The van der Waals surface area contributed by atoms with Gasteiger partial charge in [0.25, 0.3) is 0 Å². The van der Waals surface area contributed by atoms with E-state index in [2.05, 4.69) is 25.7 Å². The summed E-state index contributed by atoms with van der Waals surface area (Å²) in [6.07, 6.45) is 2.51. The Kier molecular flexibility index (Phi) is 4.08. The Labute approximate surface area is 111 Å². The second-order valence-electron chi connectivity index (χ2n) is 5.77. The molecule has 1 aromatic rings. The van der Waals surface area contributed by atoms with Gasteiger partial charge >= 0.3 is 0 Å². The zero-order valence-electron chi connectivity index (χ0n) is 11.8. The topological polar surface area (TPSA) is 23.5 Å². The lowest BCUT2D eigenvalue weighted by Crippen LogP contribution is -2.51. The smallest absolute Gasteiger partial charge is 0.107 e. The Balaban J connectivity index is 2.31. The normalized spacial score (nSPS) is 22.1. The summed E-state index contributed by atoms with van der Waals surface area (Å²) in [4.78, 5) is 2.42. The van der Waals surface area contributed by atoms with Gasteiger partial charge in [0.15, 0.2) is 0 Å². The molecule has 0 spiro atoms. The van der Waals surface area contributed by atoms with Crippen LogP contribution in [-0.4, -0.2) is 29.1 Å². The van der Waals surface area contributed by atoms with Gasteiger partial charge in [-0.15, -0.1) is 0 Å². The Bertz CT molecular complexity index is 370. The van der Waals surface area contributed by atoms with Crippen LogP contribution in [0.1, 0.15) is 39.2 Å². The predicted molar refractivity (Wildman–Crippen MR) is 75.4 cm³/mol. The van der Waals surface area contributed by atoms with Crippen LogP contribution >= 0.6 is 0 Å². The van der Waals surface area contributed by atoms with Gasteiger partial charge in [0.2, 0.25) is 0 Å². The van der Waals surface area contributed by atoms with E-state index in [1.807, 2.05) is 30.3 Å². The number of nitrogens with zero attached hydrogens (tertiary/aromatic N) is 1. The molecule has 2 rings (SSSR count). The SMILES string of the molecule is CC(C)[C@](O)(c1ccccc1)[C@@H](C)N1CCCC1. The van der Waals surface area contributed by atoms with Gasteiger partial charge in [-0.25, -0.2) is 0 Å². The third kappa shape index (κ3) is 2.32. The van der Waals surface area contributed by atoms with Crippen LogP contribution in [0.25, 0.3) is 0 Å². The maximum atomic E-state index is 11.2. The molecule has 1 aromatic carbocycles. The first kappa shape index (κ1) is 13.6. The number of rotatable bonds is 4. The van der Waals surface area contributed by atoms with Crippen molar-refractivity contribution in [3.05, 3.63) is 35.9 Å². The molecule has 2 nitrogen and oxygen atoms in total. The van der Waals surface area contributed by atoms with E-state index in [0.717, 1.165) is 18.7 Å². The zero-order chi connectivity index (χ0) is 13.2. The maximum absolute atomic E-state index is 11.2. The van der Waals surface area contributed by atoms with Crippen LogP contribution in [0.2, 0.25) is 0 Å². The van der Waals surface area contributed by atoms with Crippen LogP contribution in [0, 0.1) is 5.92 Å². The molecule has 0 bridgehead atoms. The number of aliphatic hydroxyl groups is 1. The maximum Gasteiger partial charge on any atom is 0.107 e. The molecule has 100 valence electrons. The van der Waals surface area contributed by atoms with Gasteiger partial charge in [-0.1, -0.05) is 44.2 Å². The van der Waals surface area contributed by atoms with Crippen molar-refractivity contribution in [2.75, 3.05) is 13.1 Å². The van der Waals surface area contributed by atoms with Crippen molar-refractivity contribution in [2.45, 2.75) is 45.3 Å². The average Bonchev–Trinajstić information content (AvgIpc) is 2.91. The summed E-state index contributed by atoms with van der Waals surface area (Å²) in [7, 11) is 0. The number of hydrogen-bond acceptors (Lipinski definition) is 2. The average molecular weight is 247 g/mol. The van der Waals surface area contributed by atoms with E-state index in [1.165, 1.54) is 12.8 Å². The Hall–Kier alpha value is -0.860. The summed E-state index contributed by atoms with van der Waals surface area (Å²) < 4.78 is 0. The van der Waals surface area contributed by atoms with Crippen molar-refractivity contribution in [3.8, 4) is 0 Å². The van der Waals surface area contributed by atoms with Crippen molar-refractivity contribution in [2.24, 2.45) is 5.92 Å². The fourth-order valence-corrected chi connectivity index (χ4v) is 3.17. The molecule has 0 saturated carbocycles. The van der Waals surface area contributed by atoms with Crippen LogP contribution in [0.5, 0.6) is 0 Å².